The number of methoxy groups -OCH3 is 2. The molecule has 0 saturated carbocycles. The predicted molar refractivity (Wildman–Crippen MR) is 90.4 cm³/mol. The molecule has 0 radical (unpaired) electrons. The van der Waals surface area contributed by atoms with Gasteiger partial charge < -0.3 is 9.47 Å². The third kappa shape index (κ3) is 2.27. The maximum Gasteiger partial charge on any atom is 0.0681 e. The van der Waals surface area contributed by atoms with Crippen LogP contribution in [0.25, 0.3) is 11.1 Å². The van der Waals surface area contributed by atoms with Gasteiger partial charge in [0.1, 0.15) is 0 Å². The standard InChI is InChI=1S/C20H24O2/c1-4-7-15-10-11-17-16-8-5-6-9-18(16)20(13-21-2,14-22-3)19(17)12-15/h5-6,8-12H,4,7,13-14H2,1-3H3. The van der Waals surface area contributed by atoms with Crippen molar-refractivity contribution in [2.45, 2.75) is 25.2 Å². The van der Waals surface area contributed by atoms with E-state index in [9.17, 15) is 0 Å². The van der Waals surface area contributed by atoms with Gasteiger partial charge in [0.15, 0.2) is 0 Å². The van der Waals surface area contributed by atoms with E-state index in [4.69, 9.17) is 9.47 Å². The van der Waals surface area contributed by atoms with E-state index in [2.05, 4.69) is 49.4 Å². The maximum absolute atomic E-state index is 5.62. The molecule has 0 atom stereocenters. The molecule has 0 aliphatic heterocycles. The Hall–Kier alpha value is -1.64. The normalized spacial score (nSPS) is 14.7. The van der Waals surface area contributed by atoms with E-state index in [1.54, 1.807) is 14.2 Å². The molecule has 0 amide bonds. The summed E-state index contributed by atoms with van der Waals surface area (Å²) in [4.78, 5) is 0. The zero-order valence-electron chi connectivity index (χ0n) is 13.7. The highest BCUT2D eigenvalue weighted by Gasteiger charge is 2.43. The van der Waals surface area contributed by atoms with Crippen LogP contribution in [0.3, 0.4) is 0 Å². The van der Waals surface area contributed by atoms with E-state index in [0.717, 1.165) is 12.8 Å². The van der Waals surface area contributed by atoms with Crippen LogP contribution < -0.4 is 0 Å². The molecule has 2 heteroatoms. The highest BCUT2D eigenvalue weighted by Crippen LogP contribution is 2.49. The van der Waals surface area contributed by atoms with Gasteiger partial charge in [0.05, 0.1) is 18.6 Å². The van der Waals surface area contributed by atoms with Gasteiger partial charge in [-0.15, -0.1) is 0 Å². The van der Waals surface area contributed by atoms with Crippen LogP contribution in [0.5, 0.6) is 0 Å². The van der Waals surface area contributed by atoms with E-state index in [1.165, 1.54) is 27.8 Å². The Morgan fingerprint density at radius 1 is 0.864 bits per heavy atom. The van der Waals surface area contributed by atoms with Crippen LogP contribution in [0.2, 0.25) is 0 Å². The molecule has 1 aliphatic carbocycles. The minimum absolute atomic E-state index is 0.195. The summed E-state index contributed by atoms with van der Waals surface area (Å²) in [6.45, 7) is 3.50. The Kier molecular flexibility index (Phi) is 4.32. The van der Waals surface area contributed by atoms with Gasteiger partial charge in [0, 0.05) is 14.2 Å². The number of benzene rings is 2. The molecule has 2 nitrogen and oxygen atoms in total. The van der Waals surface area contributed by atoms with E-state index in [-0.39, 0.29) is 5.41 Å². The molecule has 116 valence electrons. The van der Waals surface area contributed by atoms with Crippen molar-refractivity contribution in [1.29, 1.82) is 0 Å². The fourth-order valence-corrected chi connectivity index (χ4v) is 3.79. The van der Waals surface area contributed by atoms with Gasteiger partial charge in [-0.1, -0.05) is 55.8 Å². The summed E-state index contributed by atoms with van der Waals surface area (Å²) in [6.07, 6.45) is 2.27. The van der Waals surface area contributed by atoms with E-state index >= 15 is 0 Å². The molecule has 0 bridgehead atoms. The number of ether oxygens (including phenoxy) is 2. The minimum Gasteiger partial charge on any atom is -0.383 e. The van der Waals surface area contributed by atoms with Gasteiger partial charge in [-0.05, 0) is 34.2 Å². The summed E-state index contributed by atoms with van der Waals surface area (Å²) in [7, 11) is 3.54. The molecule has 3 rings (SSSR count). The van der Waals surface area contributed by atoms with Crippen LogP contribution in [0.1, 0.15) is 30.0 Å². The lowest BCUT2D eigenvalue weighted by Gasteiger charge is -2.30. The summed E-state index contributed by atoms with van der Waals surface area (Å²) >= 11 is 0. The molecule has 0 saturated heterocycles. The first-order valence-electron chi connectivity index (χ1n) is 7.98. The highest BCUT2D eigenvalue weighted by molar-refractivity contribution is 5.81. The first kappa shape index (κ1) is 15.3. The monoisotopic (exact) mass is 296 g/mol. The van der Waals surface area contributed by atoms with Crippen molar-refractivity contribution in [2.75, 3.05) is 27.4 Å². The van der Waals surface area contributed by atoms with E-state index < -0.39 is 0 Å². The zero-order chi connectivity index (χ0) is 15.6. The number of rotatable bonds is 6. The van der Waals surface area contributed by atoms with Crippen LogP contribution in [0, 0.1) is 0 Å². The van der Waals surface area contributed by atoms with Crippen molar-refractivity contribution in [3.05, 3.63) is 59.2 Å². The Morgan fingerprint density at radius 3 is 2.23 bits per heavy atom. The fraction of sp³-hybridized carbons (Fsp3) is 0.400. The third-order valence-corrected chi connectivity index (χ3v) is 4.65. The molecule has 1 aliphatic rings. The van der Waals surface area contributed by atoms with E-state index in [1.807, 2.05) is 0 Å². The van der Waals surface area contributed by atoms with Gasteiger partial charge in [-0.25, -0.2) is 0 Å². The van der Waals surface area contributed by atoms with Crippen LogP contribution in [-0.4, -0.2) is 27.4 Å². The first-order chi connectivity index (χ1) is 10.8. The average molecular weight is 296 g/mol. The maximum atomic E-state index is 5.62. The van der Waals surface area contributed by atoms with Gasteiger partial charge >= 0.3 is 0 Å². The molecule has 0 spiro atoms. The lowest BCUT2D eigenvalue weighted by Crippen LogP contribution is -2.35. The predicted octanol–water partition coefficient (Wildman–Crippen LogP) is 4.20. The van der Waals surface area contributed by atoms with Crippen LogP contribution in [0.4, 0.5) is 0 Å². The van der Waals surface area contributed by atoms with Crippen LogP contribution in [-0.2, 0) is 21.3 Å². The number of hydrogen-bond acceptors (Lipinski definition) is 2. The highest BCUT2D eigenvalue weighted by atomic mass is 16.5. The van der Waals surface area contributed by atoms with Crippen molar-refractivity contribution in [3.63, 3.8) is 0 Å². The summed E-state index contributed by atoms with van der Waals surface area (Å²) in [5.74, 6) is 0. The number of fused-ring (bicyclic) bond motifs is 3. The summed E-state index contributed by atoms with van der Waals surface area (Å²) < 4.78 is 11.2. The zero-order valence-corrected chi connectivity index (χ0v) is 13.7. The number of hydrogen-bond donors (Lipinski definition) is 0. The molecule has 2 aromatic carbocycles. The smallest absolute Gasteiger partial charge is 0.0681 e. The quantitative estimate of drug-likeness (QED) is 0.795. The molecule has 0 fully saturated rings. The van der Waals surface area contributed by atoms with Crippen molar-refractivity contribution >= 4 is 0 Å². The summed E-state index contributed by atoms with van der Waals surface area (Å²) in [5, 5.41) is 0. The van der Waals surface area contributed by atoms with Crippen molar-refractivity contribution in [1.82, 2.24) is 0 Å². The lowest BCUT2D eigenvalue weighted by atomic mass is 9.79. The van der Waals surface area contributed by atoms with Gasteiger partial charge in [-0.2, -0.15) is 0 Å². The topological polar surface area (TPSA) is 18.5 Å². The minimum atomic E-state index is -0.195. The van der Waals surface area contributed by atoms with Crippen molar-refractivity contribution < 1.29 is 9.47 Å². The van der Waals surface area contributed by atoms with E-state index in [0.29, 0.717) is 13.2 Å². The van der Waals surface area contributed by atoms with Gasteiger partial charge in [-0.3, -0.25) is 0 Å². The Balaban J connectivity index is 2.23. The second-order valence-electron chi connectivity index (χ2n) is 6.12. The van der Waals surface area contributed by atoms with Gasteiger partial charge in [0.25, 0.3) is 0 Å². The second-order valence-corrected chi connectivity index (χ2v) is 6.12. The Morgan fingerprint density at radius 2 is 1.55 bits per heavy atom. The molecule has 22 heavy (non-hydrogen) atoms. The summed E-state index contributed by atoms with van der Waals surface area (Å²) in [6, 6.07) is 15.5. The lowest BCUT2D eigenvalue weighted by molar-refractivity contribution is 0.0814. The first-order valence-corrected chi connectivity index (χ1v) is 7.98. The van der Waals surface area contributed by atoms with Crippen LogP contribution in [0.15, 0.2) is 42.5 Å². The van der Waals surface area contributed by atoms with Crippen molar-refractivity contribution in [3.8, 4) is 11.1 Å². The Bertz CT molecular complexity index is 655. The third-order valence-electron chi connectivity index (χ3n) is 4.65. The molecule has 0 heterocycles. The van der Waals surface area contributed by atoms with Crippen molar-refractivity contribution in [2.24, 2.45) is 0 Å². The molecule has 0 unspecified atom stereocenters. The molecule has 0 N–H and O–H groups in total. The Labute approximate surface area is 133 Å². The fourth-order valence-electron chi connectivity index (χ4n) is 3.79. The van der Waals surface area contributed by atoms with Gasteiger partial charge in [0.2, 0.25) is 0 Å². The largest absolute Gasteiger partial charge is 0.383 e. The average Bonchev–Trinajstić information content (AvgIpc) is 2.80. The molecular formula is C20H24O2. The van der Waals surface area contributed by atoms with Crippen LogP contribution >= 0.6 is 0 Å². The summed E-state index contributed by atoms with van der Waals surface area (Å²) in [5.41, 5.74) is 6.51. The second kappa shape index (κ2) is 6.23. The molecule has 0 aromatic heterocycles. The molecule has 2 aromatic rings. The number of aryl methyl sites for hydroxylation is 1. The molecular weight excluding hydrogens is 272 g/mol. The SMILES string of the molecule is CCCc1ccc2c(c1)C(COC)(COC)c1ccccc1-2.